The summed E-state index contributed by atoms with van der Waals surface area (Å²) < 4.78 is 26.6. The van der Waals surface area contributed by atoms with E-state index in [4.69, 9.17) is 5.26 Å². The standard InChI is InChI=1S/C17H14F2N2O/c18-15-6-3-12(7-16(15)19)17-8-14(22)10-21(17)13-4-1-11(9-20)2-5-13/h1-7,14,17,22H,8,10H2/t14-,17+/m0/s1. The van der Waals surface area contributed by atoms with E-state index in [1.807, 2.05) is 4.90 Å². The maximum Gasteiger partial charge on any atom is 0.159 e. The first kappa shape index (κ1) is 14.5. The number of β-amino-alcohol motifs (C(OH)–C–C–N with tert-alkyl or cyclic N) is 1. The number of nitriles is 1. The van der Waals surface area contributed by atoms with E-state index in [-0.39, 0.29) is 6.04 Å². The molecule has 0 radical (unpaired) electrons. The third kappa shape index (κ3) is 2.66. The molecule has 1 aliphatic heterocycles. The van der Waals surface area contributed by atoms with Crippen LogP contribution >= 0.6 is 0 Å². The Bertz CT molecular complexity index is 724. The molecule has 1 heterocycles. The number of aliphatic hydroxyl groups excluding tert-OH is 1. The third-order valence-corrected chi connectivity index (χ3v) is 3.94. The largest absolute Gasteiger partial charge is 0.391 e. The highest BCUT2D eigenvalue weighted by atomic mass is 19.2. The van der Waals surface area contributed by atoms with Crippen molar-refractivity contribution in [1.29, 1.82) is 5.26 Å². The van der Waals surface area contributed by atoms with Crippen molar-refractivity contribution in [3.8, 4) is 6.07 Å². The molecule has 1 aliphatic rings. The van der Waals surface area contributed by atoms with Gasteiger partial charge in [0.15, 0.2) is 11.6 Å². The van der Waals surface area contributed by atoms with Gasteiger partial charge in [0, 0.05) is 12.2 Å². The molecule has 2 aromatic rings. The average molecular weight is 300 g/mol. The molecular formula is C17H14F2N2O. The average Bonchev–Trinajstić information content (AvgIpc) is 2.92. The maximum absolute atomic E-state index is 13.5. The van der Waals surface area contributed by atoms with Crippen LogP contribution in [0, 0.1) is 23.0 Å². The molecule has 2 atom stereocenters. The number of halogens is 2. The van der Waals surface area contributed by atoms with Crippen molar-refractivity contribution >= 4 is 5.69 Å². The molecule has 0 spiro atoms. The second kappa shape index (κ2) is 5.74. The molecule has 0 amide bonds. The van der Waals surface area contributed by atoms with E-state index in [0.717, 1.165) is 11.8 Å². The molecule has 22 heavy (non-hydrogen) atoms. The minimum absolute atomic E-state index is 0.224. The van der Waals surface area contributed by atoms with Gasteiger partial charge in [-0.25, -0.2) is 8.78 Å². The Labute approximate surface area is 127 Å². The van der Waals surface area contributed by atoms with Gasteiger partial charge in [0.25, 0.3) is 0 Å². The first-order chi connectivity index (χ1) is 10.6. The predicted octanol–water partition coefficient (Wildman–Crippen LogP) is 3.15. The van der Waals surface area contributed by atoms with E-state index < -0.39 is 17.7 Å². The van der Waals surface area contributed by atoms with Gasteiger partial charge in [0.2, 0.25) is 0 Å². The lowest BCUT2D eigenvalue weighted by molar-refractivity contribution is 0.194. The zero-order valence-electron chi connectivity index (χ0n) is 11.7. The van der Waals surface area contributed by atoms with E-state index in [2.05, 4.69) is 6.07 Å². The molecule has 112 valence electrons. The SMILES string of the molecule is N#Cc1ccc(N2C[C@@H](O)C[C@@H]2c2ccc(F)c(F)c2)cc1. The maximum atomic E-state index is 13.5. The molecule has 1 saturated heterocycles. The van der Waals surface area contributed by atoms with Crippen LogP contribution in [-0.4, -0.2) is 17.8 Å². The number of nitrogens with zero attached hydrogens (tertiary/aromatic N) is 2. The van der Waals surface area contributed by atoms with Crippen LogP contribution in [0.15, 0.2) is 42.5 Å². The Morgan fingerprint density at radius 1 is 1.09 bits per heavy atom. The Morgan fingerprint density at radius 3 is 2.45 bits per heavy atom. The molecule has 0 bridgehead atoms. The second-order valence-electron chi connectivity index (χ2n) is 5.39. The Morgan fingerprint density at radius 2 is 1.82 bits per heavy atom. The van der Waals surface area contributed by atoms with Crippen molar-refractivity contribution in [3.05, 3.63) is 65.2 Å². The summed E-state index contributed by atoms with van der Waals surface area (Å²) in [5.41, 5.74) is 2.01. The topological polar surface area (TPSA) is 47.3 Å². The van der Waals surface area contributed by atoms with E-state index >= 15 is 0 Å². The molecule has 0 saturated carbocycles. The highest BCUT2D eigenvalue weighted by Gasteiger charge is 2.32. The number of benzene rings is 2. The quantitative estimate of drug-likeness (QED) is 0.927. The summed E-state index contributed by atoms with van der Waals surface area (Å²) >= 11 is 0. The summed E-state index contributed by atoms with van der Waals surface area (Å²) in [5.74, 6) is -1.77. The fourth-order valence-corrected chi connectivity index (χ4v) is 2.86. The summed E-state index contributed by atoms with van der Waals surface area (Å²) in [4.78, 5) is 1.94. The van der Waals surface area contributed by atoms with Gasteiger partial charge >= 0.3 is 0 Å². The molecule has 3 rings (SSSR count). The second-order valence-corrected chi connectivity index (χ2v) is 5.39. The summed E-state index contributed by atoms with van der Waals surface area (Å²) in [6, 6.07) is 12.6. The molecule has 0 aromatic heterocycles. The molecule has 0 aliphatic carbocycles. The normalized spacial score (nSPS) is 20.9. The Hall–Kier alpha value is -2.45. The van der Waals surface area contributed by atoms with Crippen molar-refractivity contribution in [2.45, 2.75) is 18.6 Å². The summed E-state index contributed by atoms with van der Waals surface area (Å²) in [6.07, 6.45) is -0.0841. The minimum atomic E-state index is -0.890. The van der Waals surface area contributed by atoms with Gasteiger partial charge < -0.3 is 10.0 Å². The molecular weight excluding hydrogens is 286 g/mol. The summed E-state index contributed by atoms with van der Waals surface area (Å²) in [6.45, 7) is 0.412. The fourth-order valence-electron chi connectivity index (χ4n) is 2.86. The van der Waals surface area contributed by atoms with Gasteiger partial charge in [-0.05, 0) is 48.4 Å². The van der Waals surface area contributed by atoms with Crippen LogP contribution in [0.3, 0.4) is 0 Å². The zero-order chi connectivity index (χ0) is 15.7. The van der Waals surface area contributed by atoms with Crippen molar-refractivity contribution in [2.75, 3.05) is 11.4 Å². The molecule has 1 fully saturated rings. The van der Waals surface area contributed by atoms with Crippen LogP contribution in [0.5, 0.6) is 0 Å². The van der Waals surface area contributed by atoms with Gasteiger partial charge in [-0.1, -0.05) is 6.07 Å². The van der Waals surface area contributed by atoms with Crippen molar-refractivity contribution < 1.29 is 13.9 Å². The van der Waals surface area contributed by atoms with Crippen molar-refractivity contribution in [1.82, 2.24) is 0 Å². The smallest absolute Gasteiger partial charge is 0.159 e. The van der Waals surface area contributed by atoms with Crippen LogP contribution < -0.4 is 4.90 Å². The van der Waals surface area contributed by atoms with Gasteiger partial charge in [0.05, 0.1) is 23.8 Å². The van der Waals surface area contributed by atoms with E-state index in [9.17, 15) is 13.9 Å². The van der Waals surface area contributed by atoms with Crippen molar-refractivity contribution in [3.63, 3.8) is 0 Å². The van der Waals surface area contributed by atoms with E-state index in [1.54, 1.807) is 24.3 Å². The van der Waals surface area contributed by atoms with Crippen LogP contribution in [-0.2, 0) is 0 Å². The Kier molecular flexibility index (Phi) is 3.78. The zero-order valence-corrected chi connectivity index (χ0v) is 11.7. The summed E-state index contributed by atoms with van der Waals surface area (Å²) in [7, 11) is 0. The number of hydrogen-bond acceptors (Lipinski definition) is 3. The highest BCUT2D eigenvalue weighted by Crippen LogP contribution is 2.36. The molecule has 0 unspecified atom stereocenters. The van der Waals surface area contributed by atoms with E-state index in [1.165, 1.54) is 12.1 Å². The highest BCUT2D eigenvalue weighted by molar-refractivity contribution is 5.53. The fraction of sp³-hybridized carbons (Fsp3) is 0.235. The number of anilines is 1. The lowest BCUT2D eigenvalue weighted by Crippen LogP contribution is -2.24. The predicted molar refractivity (Wildman–Crippen MR) is 78.2 cm³/mol. The molecule has 1 N–H and O–H groups in total. The van der Waals surface area contributed by atoms with Crippen LogP contribution in [0.25, 0.3) is 0 Å². The van der Waals surface area contributed by atoms with Gasteiger partial charge in [-0.3, -0.25) is 0 Å². The summed E-state index contributed by atoms with van der Waals surface area (Å²) in [5, 5.41) is 18.8. The van der Waals surface area contributed by atoms with Crippen molar-refractivity contribution in [2.24, 2.45) is 0 Å². The van der Waals surface area contributed by atoms with E-state index in [0.29, 0.717) is 24.1 Å². The van der Waals surface area contributed by atoms with Crippen LogP contribution in [0.4, 0.5) is 14.5 Å². The first-order valence-corrected chi connectivity index (χ1v) is 6.98. The van der Waals surface area contributed by atoms with Crippen LogP contribution in [0.2, 0.25) is 0 Å². The molecule has 3 nitrogen and oxygen atoms in total. The number of aliphatic hydroxyl groups is 1. The first-order valence-electron chi connectivity index (χ1n) is 6.98. The van der Waals surface area contributed by atoms with Gasteiger partial charge in [0.1, 0.15) is 0 Å². The lowest BCUT2D eigenvalue weighted by Gasteiger charge is -2.27. The monoisotopic (exact) mass is 300 g/mol. The lowest BCUT2D eigenvalue weighted by atomic mass is 10.0. The molecule has 5 heteroatoms. The molecule has 2 aromatic carbocycles. The minimum Gasteiger partial charge on any atom is -0.391 e. The van der Waals surface area contributed by atoms with Gasteiger partial charge in [-0.2, -0.15) is 5.26 Å². The van der Waals surface area contributed by atoms with Gasteiger partial charge in [-0.15, -0.1) is 0 Å². The van der Waals surface area contributed by atoms with Crippen LogP contribution in [0.1, 0.15) is 23.6 Å². The number of hydrogen-bond donors (Lipinski definition) is 1. The number of rotatable bonds is 2. The third-order valence-electron chi connectivity index (χ3n) is 3.94. The Balaban J connectivity index is 1.94.